The highest BCUT2D eigenvalue weighted by Gasteiger charge is 2.44. The number of aromatic nitrogens is 2. The average molecular weight is 555 g/mol. The third-order valence-corrected chi connectivity index (χ3v) is 9.30. The molecule has 6 rings (SSSR count). The first-order chi connectivity index (χ1) is 18.8. The zero-order valence-corrected chi connectivity index (χ0v) is 23.2. The Morgan fingerprint density at radius 1 is 0.897 bits per heavy atom. The Bertz CT molecular complexity index is 1330. The van der Waals surface area contributed by atoms with Gasteiger partial charge in [0, 0.05) is 61.8 Å². The molecule has 1 saturated carbocycles. The van der Waals surface area contributed by atoms with Crippen molar-refractivity contribution >= 4 is 51.4 Å². The normalized spacial score (nSPS) is 19.9. The number of fused-ring (bicyclic) bond motifs is 1. The van der Waals surface area contributed by atoms with Crippen LogP contribution < -0.4 is 19.8 Å². The number of hydrogen-bond donors (Lipinski definition) is 3. The van der Waals surface area contributed by atoms with Crippen molar-refractivity contribution in [3.63, 3.8) is 0 Å². The smallest absolute Gasteiger partial charge is 0.251 e. The van der Waals surface area contributed by atoms with Crippen LogP contribution in [-0.4, -0.2) is 59.5 Å². The Kier molecular flexibility index (Phi) is 7.18. The summed E-state index contributed by atoms with van der Waals surface area (Å²) in [6.07, 6.45) is 6.46. The molecule has 39 heavy (non-hydrogen) atoms. The van der Waals surface area contributed by atoms with E-state index in [1.807, 2.05) is 31.2 Å². The highest BCUT2D eigenvalue weighted by Crippen LogP contribution is 2.54. The Hall–Kier alpha value is -2.85. The molecule has 2 aromatic carbocycles. The molecule has 1 aliphatic carbocycles. The van der Waals surface area contributed by atoms with Crippen molar-refractivity contribution in [3.8, 4) is 0 Å². The van der Waals surface area contributed by atoms with Gasteiger partial charge in [-0.3, -0.25) is 0 Å². The zero-order valence-electron chi connectivity index (χ0n) is 22.3. The molecule has 7 nitrogen and oxygen atoms in total. The minimum Gasteiger partial charge on any atom is -0.395 e. The number of aliphatic hydroxyl groups is 1. The van der Waals surface area contributed by atoms with E-state index >= 15 is 0 Å². The fourth-order valence-corrected chi connectivity index (χ4v) is 6.37. The molecule has 3 aliphatic rings. The SMILES string of the molecule is Cc1ccc(Nc2ncnc3cc(NSCCO)cc(N4CCC5(CC4)CC5)c23)cc1N1CCC(F)(F)CC1. The second-order valence-electron chi connectivity index (χ2n) is 11.2. The second kappa shape index (κ2) is 10.6. The molecule has 2 saturated heterocycles. The van der Waals surface area contributed by atoms with Gasteiger partial charge in [-0.25, -0.2) is 18.7 Å². The highest BCUT2D eigenvalue weighted by molar-refractivity contribution is 8.00. The summed E-state index contributed by atoms with van der Waals surface area (Å²) in [6, 6.07) is 10.3. The number of piperidine rings is 2. The van der Waals surface area contributed by atoms with Crippen LogP contribution in [0.1, 0.15) is 44.1 Å². The van der Waals surface area contributed by atoms with Gasteiger partial charge in [0.15, 0.2) is 0 Å². The molecule has 1 aromatic heterocycles. The molecule has 0 amide bonds. The fraction of sp³-hybridized carbons (Fsp3) is 0.517. The number of halogens is 2. The third-order valence-electron chi connectivity index (χ3n) is 8.53. The lowest BCUT2D eigenvalue weighted by Crippen LogP contribution is -2.39. The van der Waals surface area contributed by atoms with E-state index in [9.17, 15) is 13.9 Å². The Labute approximate surface area is 232 Å². The van der Waals surface area contributed by atoms with E-state index in [0.717, 1.165) is 58.1 Å². The minimum absolute atomic E-state index is 0.112. The van der Waals surface area contributed by atoms with Crippen molar-refractivity contribution in [2.24, 2.45) is 5.41 Å². The van der Waals surface area contributed by atoms with E-state index in [2.05, 4.69) is 35.9 Å². The summed E-state index contributed by atoms with van der Waals surface area (Å²) in [5, 5.41) is 13.7. The van der Waals surface area contributed by atoms with E-state index in [1.54, 1.807) is 6.33 Å². The summed E-state index contributed by atoms with van der Waals surface area (Å²) in [6.45, 7) is 4.84. The van der Waals surface area contributed by atoms with Gasteiger partial charge in [0.2, 0.25) is 0 Å². The lowest BCUT2D eigenvalue weighted by atomic mass is 9.93. The van der Waals surface area contributed by atoms with Gasteiger partial charge in [-0.05, 0) is 67.9 Å². The minimum atomic E-state index is -2.57. The number of nitrogens with zero attached hydrogens (tertiary/aromatic N) is 4. The van der Waals surface area contributed by atoms with Gasteiger partial charge >= 0.3 is 0 Å². The molecule has 0 atom stereocenters. The van der Waals surface area contributed by atoms with Gasteiger partial charge in [0.1, 0.15) is 12.1 Å². The summed E-state index contributed by atoms with van der Waals surface area (Å²) in [4.78, 5) is 13.8. The van der Waals surface area contributed by atoms with E-state index in [1.165, 1.54) is 37.6 Å². The highest BCUT2D eigenvalue weighted by atomic mass is 32.2. The topological polar surface area (TPSA) is 76.5 Å². The summed E-state index contributed by atoms with van der Waals surface area (Å²) in [5.74, 6) is -1.24. The quantitative estimate of drug-likeness (QED) is 0.220. The maximum Gasteiger partial charge on any atom is 0.251 e. The summed E-state index contributed by atoms with van der Waals surface area (Å²) < 4.78 is 30.9. The van der Waals surface area contributed by atoms with Crippen molar-refractivity contribution < 1.29 is 13.9 Å². The molecule has 2 aliphatic heterocycles. The van der Waals surface area contributed by atoms with Crippen molar-refractivity contribution in [3.05, 3.63) is 42.2 Å². The largest absolute Gasteiger partial charge is 0.395 e. The average Bonchev–Trinajstić information content (AvgIpc) is 3.69. The number of hydrogen-bond acceptors (Lipinski definition) is 8. The van der Waals surface area contributed by atoms with Crippen molar-refractivity contribution in [1.82, 2.24) is 9.97 Å². The third kappa shape index (κ3) is 5.72. The predicted octanol–water partition coefficient (Wildman–Crippen LogP) is 6.35. The Morgan fingerprint density at radius 2 is 1.59 bits per heavy atom. The summed E-state index contributed by atoms with van der Waals surface area (Å²) in [7, 11) is 0. The Morgan fingerprint density at radius 3 is 2.31 bits per heavy atom. The Balaban J connectivity index is 1.33. The lowest BCUT2D eigenvalue weighted by molar-refractivity contribution is -0.0220. The summed E-state index contributed by atoms with van der Waals surface area (Å²) >= 11 is 1.47. The van der Waals surface area contributed by atoms with Crippen molar-refractivity contribution in [2.45, 2.75) is 51.4 Å². The van der Waals surface area contributed by atoms with Crippen LogP contribution >= 0.6 is 11.9 Å². The maximum atomic E-state index is 13.8. The molecule has 208 valence electrons. The number of alkyl halides is 2. The van der Waals surface area contributed by atoms with E-state index < -0.39 is 5.92 Å². The van der Waals surface area contributed by atoms with Crippen LogP contribution in [0.2, 0.25) is 0 Å². The van der Waals surface area contributed by atoms with Gasteiger partial charge in [0.25, 0.3) is 5.92 Å². The van der Waals surface area contributed by atoms with E-state index in [4.69, 9.17) is 0 Å². The van der Waals surface area contributed by atoms with Crippen molar-refractivity contribution in [2.75, 3.05) is 58.4 Å². The van der Waals surface area contributed by atoms with Gasteiger partial charge in [-0.1, -0.05) is 18.0 Å². The first-order valence-electron chi connectivity index (χ1n) is 13.9. The molecular formula is C29H36F2N6OS. The fourth-order valence-electron chi connectivity index (χ4n) is 5.89. The van der Waals surface area contributed by atoms with E-state index in [-0.39, 0.29) is 19.4 Å². The number of aryl methyl sites for hydroxylation is 1. The second-order valence-corrected chi connectivity index (χ2v) is 12.1. The number of benzene rings is 2. The number of aliphatic hydroxyl groups excluding tert-OH is 1. The summed E-state index contributed by atoms with van der Waals surface area (Å²) in [5.41, 5.74) is 6.37. The van der Waals surface area contributed by atoms with Crippen molar-refractivity contribution in [1.29, 1.82) is 0 Å². The molecular weight excluding hydrogens is 518 g/mol. The molecule has 3 N–H and O–H groups in total. The van der Waals surface area contributed by atoms with Crippen LogP contribution in [0.25, 0.3) is 10.9 Å². The molecule has 10 heteroatoms. The first kappa shape index (κ1) is 26.4. The van der Waals surface area contributed by atoms with Crippen LogP contribution in [-0.2, 0) is 0 Å². The molecule has 0 bridgehead atoms. The number of anilines is 5. The number of nitrogens with one attached hydrogen (secondary N) is 2. The molecule has 1 spiro atoms. The lowest BCUT2D eigenvalue weighted by Gasteiger charge is -2.35. The first-order valence-corrected chi connectivity index (χ1v) is 14.9. The maximum absolute atomic E-state index is 13.8. The van der Waals surface area contributed by atoms with Gasteiger partial charge in [-0.2, -0.15) is 0 Å². The van der Waals surface area contributed by atoms with Gasteiger partial charge in [-0.15, -0.1) is 0 Å². The van der Waals surface area contributed by atoms with Crippen LogP contribution in [0.4, 0.5) is 37.3 Å². The van der Waals surface area contributed by atoms with Crippen LogP contribution in [0.5, 0.6) is 0 Å². The molecule has 3 heterocycles. The van der Waals surface area contributed by atoms with E-state index in [0.29, 0.717) is 24.3 Å². The predicted molar refractivity (Wildman–Crippen MR) is 157 cm³/mol. The standard InChI is InChI=1S/C29H36F2N6OS/c1-20-2-3-21(17-24(20)36-12-8-29(30,31)9-13-36)34-27-26-23(32-19-33-27)16-22(35-39-15-14-38)18-25(26)37-10-6-28(4-5-28)7-11-37/h2-3,16-19,35,38H,4-15H2,1H3,(H,32,33,34). The molecule has 0 unspecified atom stereocenters. The molecule has 0 radical (unpaired) electrons. The molecule has 3 aromatic rings. The number of rotatable bonds is 8. The van der Waals surface area contributed by atoms with Crippen LogP contribution in [0.3, 0.4) is 0 Å². The van der Waals surface area contributed by atoms with Gasteiger partial charge < -0.3 is 24.9 Å². The molecule has 3 fully saturated rings. The monoisotopic (exact) mass is 554 g/mol. The van der Waals surface area contributed by atoms with Crippen LogP contribution in [0.15, 0.2) is 36.7 Å². The van der Waals surface area contributed by atoms with Gasteiger partial charge in [0.05, 0.1) is 23.2 Å². The zero-order chi connectivity index (χ0) is 27.0. The van der Waals surface area contributed by atoms with Crippen LogP contribution in [0, 0.1) is 12.3 Å².